The Kier molecular flexibility index (Phi) is 6.56. The van der Waals surface area contributed by atoms with Crippen molar-refractivity contribution in [3.63, 3.8) is 0 Å². The minimum absolute atomic E-state index is 0. The second-order valence-electron chi connectivity index (χ2n) is 8.19. The number of fused-ring (bicyclic) bond motifs is 2. The van der Waals surface area contributed by atoms with Gasteiger partial charge in [-0.1, -0.05) is 5.92 Å². The molecule has 5 rings (SSSR count). The summed E-state index contributed by atoms with van der Waals surface area (Å²) in [6.07, 6.45) is 2.66. The summed E-state index contributed by atoms with van der Waals surface area (Å²) in [5.41, 5.74) is 10.8. The zero-order chi connectivity index (χ0) is 22.2. The molecule has 3 aromatic heterocycles. The van der Waals surface area contributed by atoms with E-state index in [9.17, 15) is 0 Å². The number of nitrogens with two attached hydrogens (primary N) is 1. The summed E-state index contributed by atoms with van der Waals surface area (Å²) >= 11 is 0. The Labute approximate surface area is 198 Å². The quantitative estimate of drug-likeness (QED) is 0.450. The van der Waals surface area contributed by atoms with E-state index >= 15 is 0 Å². The van der Waals surface area contributed by atoms with Gasteiger partial charge in [0.2, 0.25) is 0 Å². The third-order valence-corrected chi connectivity index (χ3v) is 6.14. The Morgan fingerprint density at radius 1 is 1.24 bits per heavy atom. The molecule has 4 heterocycles. The van der Waals surface area contributed by atoms with Crippen LogP contribution in [-0.2, 0) is 11.3 Å². The number of rotatable bonds is 4. The van der Waals surface area contributed by atoms with Gasteiger partial charge in [-0.15, -0.1) is 12.4 Å². The van der Waals surface area contributed by atoms with Crippen LogP contribution in [0, 0.1) is 18.8 Å². The normalized spacial score (nSPS) is 17.8. The number of aromatic nitrogens is 5. The van der Waals surface area contributed by atoms with E-state index in [1.54, 1.807) is 13.3 Å². The van der Waals surface area contributed by atoms with Crippen LogP contribution < -0.4 is 11.1 Å². The van der Waals surface area contributed by atoms with Gasteiger partial charge in [0.25, 0.3) is 0 Å². The first-order valence-corrected chi connectivity index (χ1v) is 10.9. The van der Waals surface area contributed by atoms with Crippen LogP contribution >= 0.6 is 12.4 Å². The predicted octanol–water partition coefficient (Wildman–Crippen LogP) is 3.06. The molecule has 0 amide bonds. The molecule has 33 heavy (non-hydrogen) atoms. The lowest BCUT2D eigenvalue weighted by Crippen LogP contribution is -2.25. The van der Waals surface area contributed by atoms with E-state index < -0.39 is 0 Å². The van der Waals surface area contributed by atoms with Crippen molar-refractivity contribution in [1.82, 2.24) is 29.6 Å². The smallest absolute Gasteiger partial charge is 0.147 e. The molecule has 0 unspecified atom stereocenters. The molecule has 172 valence electrons. The highest BCUT2D eigenvalue weighted by atomic mass is 35.5. The number of benzene rings is 1. The summed E-state index contributed by atoms with van der Waals surface area (Å²) < 4.78 is 9.54. The number of ether oxygens (including phenoxy) is 1. The molecule has 0 radical (unpaired) electrons. The largest absolute Gasteiger partial charge is 0.383 e. The molecule has 1 aromatic carbocycles. The van der Waals surface area contributed by atoms with Crippen LogP contribution in [0.2, 0.25) is 0 Å². The zero-order valence-electron chi connectivity index (χ0n) is 19.0. The second kappa shape index (κ2) is 9.40. The van der Waals surface area contributed by atoms with E-state index in [1.165, 1.54) is 0 Å². The minimum Gasteiger partial charge on any atom is -0.383 e. The monoisotopic (exact) mass is 465 g/mol. The van der Waals surface area contributed by atoms with Gasteiger partial charge in [-0.3, -0.25) is 4.68 Å². The number of hydrogen-bond acceptors (Lipinski definition) is 6. The van der Waals surface area contributed by atoms with Gasteiger partial charge in [-0.25, -0.2) is 9.97 Å². The fourth-order valence-electron chi connectivity index (χ4n) is 4.65. The maximum atomic E-state index is 6.24. The maximum Gasteiger partial charge on any atom is 0.147 e. The lowest BCUT2D eigenvalue weighted by molar-refractivity contribution is 0.172. The molecule has 3 N–H and O–H groups in total. The van der Waals surface area contributed by atoms with Gasteiger partial charge in [-0.05, 0) is 50.5 Å². The molecule has 9 heteroatoms. The molecule has 0 saturated carbocycles. The van der Waals surface area contributed by atoms with Crippen molar-refractivity contribution in [2.45, 2.75) is 38.9 Å². The summed E-state index contributed by atoms with van der Waals surface area (Å²) in [5.74, 6) is 7.96. The third kappa shape index (κ3) is 4.15. The van der Waals surface area contributed by atoms with Crippen molar-refractivity contribution >= 4 is 40.2 Å². The Bertz CT molecular complexity index is 1360. The predicted molar refractivity (Wildman–Crippen MR) is 133 cm³/mol. The molecule has 4 aromatic rings. The summed E-state index contributed by atoms with van der Waals surface area (Å²) in [6, 6.07) is 8.62. The van der Waals surface area contributed by atoms with E-state index in [1.807, 2.05) is 29.8 Å². The molecule has 0 bridgehead atoms. The third-order valence-electron chi connectivity index (χ3n) is 6.14. The lowest BCUT2D eigenvalue weighted by Gasteiger charge is -2.11. The molecule has 1 saturated heterocycles. The van der Waals surface area contributed by atoms with Crippen molar-refractivity contribution in [2.75, 3.05) is 26.0 Å². The van der Waals surface area contributed by atoms with Crippen LogP contribution in [0.3, 0.4) is 0 Å². The molecule has 8 nitrogen and oxygen atoms in total. The average Bonchev–Trinajstić information content (AvgIpc) is 3.47. The number of nitrogens with zero attached hydrogens (tertiary/aromatic N) is 5. The van der Waals surface area contributed by atoms with Gasteiger partial charge in [0.15, 0.2) is 0 Å². The molecule has 0 spiro atoms. The number of aryl methyl sites for hydroxylation is 2. The molecule has 1 aliphatic heterocycles. The first-order chi connectivity index (χ1) is 15.6. The Balaban J connectivity index is 0.00000259. The second-order valence-corrected chi connectivity index (χ2v) is 8.19. The number of nitrogens with one attached hydrogen (secondary N) is 1. The van der Waals surface area contributed by atoms with E-state index in [4.69, 9.17) is 15.6 Å². The van der Waals surface area contributed by atoms with Gasteiger partial charge < -0.3 is 20.4 Å². The van der Waals surface area contributed by atoms with Crippen LogP contribution in [0.1, 0.15) is 36.5 Å². The lowest BCUT2D eigenvalue weighted by atomic mass is 10.1. The Morgan fingerprint density at radius 2 is 2.09 bits per heavy atom. The van der Waals surface area contributed by atoms with Crippen molar-refractivity contribution in [3.05, 3.63) is 47.5 Å². The van der Waals surface area contributed by atoms with Crippen LogP contribution in [0.25, 0.3) is 21.9 Å². The van der Waals surface area contributed by atoms with Crippen LogP contribution in [0.5, 0.6) is 0 Å². The van der Waals surface area contributed by atoms with Crippen LogP contribution in [0.4, 0.5) is 5.82 Å². The highest BCUT2D eigenvalue weighted by Gasteiger charge is 2.28. The summed E-state index contributed by atoms with van der Waals surface area (Å²) in [6.45, 7) is 6.56. The van der Waals surface area contributed by atoms with Gasteiger partial charge >= 0.3 is 0 Å². The summed E-state index contributed by atoms with van der Waals surface area (Å²) in [5, 5.41) is 9.17. The number of hydrogen-bond donors (Lipinski definition) is 2. The van der Waals surface area contributed by atoms with Gasteiger partial charge in [0.1, 0.15) is 17.3 Å². The molecule has 0 aliphatic carbocycles. The van der Waals surface area contributed by atoms with E-state index in [2.05, 4.69) is 44.7 Å². The number of methoxy groups -OCH3 is 1. The number of pyridine rings is 1. The summed E-state index contributed by atoms with van der Waals surface area (Å²) in [7, 11) is 1.73. The van der Waals surface area contributed by atoms with E-state index in [0.29, 0.717) is 24.2 Å². The fraction of sp³-hybridized carbons (Fsp3) is 0.375. The Hall–Kier alpha value is -3.12. The van der Waals surface area contributed by atoms with Gasteiger partial charge in [-0.2, -0.15) is 5.10 Å². The number of halogens is 1. The molecular formula is C24H28ClN7O. The van der Waals surface area contributed by atoms with Gasteiger partial charge in [0.05, 0.1) is 34.6 Å². The molecular weight excluding hydrogens is 438 g/mol. The first kappa shape index (κ1) is 23.1. The Morgan fingerprint density at radius 3 is 2.88 bits per heavy atom. The maximum absolute atomic E-state index is 6.24. The fourth-order valence-corrected chi connectivity index (χ4v) is 4.65. The van der Waals surface area contributed by atoms with Crippen LogP contribution in [0.15, 0.2) is 30.5 Å². The molecule has 1 fully saturated rings. The number of imidazole rings is 1. The first-order valence-electron chi connectivity index (χ1n) is 10.9. The SMILES string of the molecule is CCn1c(C)nc2cc(C#Cc3nn([C@@H]4CN[C@@H](COC)C4)c4ccnc(N)c34)ccc21.Cl. The highest BCUT2D eigenvalue weighted by molar-refractivity contribution is 5.93. The number of nitrogen functional groups attached to an aromatic ring is 1. The average molecular weight is 466 g/mol. The number of anilines is 1. The van der Waals surface area contributed by atoms with E-state index in [-0.39, 0.29) is 18.4 Å². The van der Waals surface area contributed by atoms with Crippen molar-refractivity contribution in [2.24, 2.45) is 0 Å². The topological polar surface area (TPSA) is 95.8 Å². The van der Waals surface area contributed by atoms with Crippen molar-refractivity contribution in [1.29, 1.82) is 0 Å². The minimum atomic E-state index is 0. The van der Waals surface area contributed by atoms with Crippen LogP contribution in [-0.4, -0.2) is 50.6 Å². The molecule has 1 aliphatic rings. The standard InChI is InChI=1S/C24H27N7O.ClH/c1-4-30-15(2)28-20-11-16(6-8-21(20)30)5-7-19-23-22(9-10-26-24(23)25)31(29-19)18-12-17(14-32-3)27-13-18;/h6,8-11,17-18,27H,4,12-14H2,1-3H3,(H2,25,26);1H/t17-,18+;/m1./s1. The zero-order valence-corrected chi connectivity index (χ0v) is 19.8. The summed E-state index contributed by atoms with van der Waals surface area (Å²) in [4.78, 5) is 8.95. The van der Waals surface area contributed by atoms with Gasteiger partial charge in [0, 0.05) is 38.0 Å². The van der Waals surface area contributed by atoms with Crippen molar-refractivity contribution in [3.8, 4) is 11.8 Å². The molecule has 2 atom stereocenters. The highest BCUT2D eigenvalue weighted by Crippen LogP contribution is 2.29. The van der Waals surface area contributed by atoms with Crippen molar-refractivity contribution < 1.29 is 4.74 Å². The van der Waals surface area contributed by atoms with E-state index in [0.717, 1.165) is 52.8 Å².